The topological polar surface area (TPSA) is 62.7 Å². The van der Waals surface area contributed by atoms with Gasteiger partial charge in [0, 0.05) is 47.1 Å². The molecule has 4 heterocycles. The summed E-state index contributed by atoms with van der Waals surface area (Å²) in [6, 6.07) is 14.2. The maximum absolute atomic E-state index is 13.2. The number of hydrogen-bond donors (Lipinski definition) is 2. The molecule has 5 nitrogen and oxygen atoms in total. The zero-order chi connectivity index (χ0) is 20.7. The first-order valence-corrected chi connectivity index (χ1v) is 10.8. The number of carbonyl (C=O) groups excluding carboxylic acids is 1. The maximum Gasteiger partial charge on any atom is 0.263 e. The summed E-state index contributed by atoms with van der Waals surface area (Å²) in [6.07, 6.45) is 6.75. The summed E-state index contributed by atoms with van der Waals surface area (Å²) in [5.41, 5.74) is 5.34. The number of aryl methyl sites for hydroxylation is 2. The van der Waals surface area contributed by atoms with E-state index in [4.69, 9.17) is 0 Å². The molecule has 0 unspecified atom stereocenters. The van der Waals surface area contributed by atoms with Gasteiger partial charge in [0.1, 0.15) is 9.71 Å². The first-order chi connectivity index (χ1) is 14.6. The molecule has 150 valence electrons. The minimum atomic E-state index is -0.0569. The van der Waals surface area contributed by atoms with Gasteiger partial charge in [-0.05, 0) is 55.7 Å². The largest absolute Gasteiger partial charge is 0.361 e. The molecule has 4 aromatic heterocycles. The van der Waals surface area contributed by atoms with Crippen molar-refractivity contribution < 1.29 is 4.79 Å². The lowest BCUT2D eigenvalue weighted by atomic mass is 10.1. The molecule has 0 saturated carbocycles. The summed E-state index contributed by atoms with van der Waals surface area (Å²) in [5, 5.41) is 5.37. The van der Waals surface area contributed by atoms with E-state index in [1.807, 2.05) is 54.3 Å². The Bertz CT molecular complexity index is 1360. The number of carbonyl (C=O) groups is 1. The Hall–Kier alpha value is -3.38. The third-order valence-electron chi connectivity index (χ3n) is 5.39. The highest BCUT2D eigenvalue weighted by molar-refractivity contribution is 7.21. The van der Waals surface area contributed by atoms with Crippen molar-refractivity contribution in [1.29, 1.82) is 0 Å². The molecule has 0 aliphatic heterocycles. The van der Waals surface area contributed by atoms with Crippen LogP contribution in [0.1, 0.15) is 26.5 Å². The fourth-order valence-corrected chi connectivity index (χ4v) is 5.25. The van der Waals surface area contributed by atoms with E-state index < -0.39 is 0 Å². The van der Waals surface area contributed by atoms with Crippen LogP contribution in [-0.2, 0) is 6.42 Å². The van der Waals surface area contributed by atoms with Crippen molar-refractivity contribution in [3.8, 4) is 5.69 Å². The van der Waals surface area contributed by atoms with E-state index in [1.165, 1.54) is 22.3 Å². The third-order valence-corrected chi connectivity index (χ3v) is 6.46. The number of thiophene rings is 1. The number of aromatic nitrogens is 3. The smallest absolute Gasteiger partial charge is 0.263 e. The molecule has 0 atom stereocenters. The van der Waals surface area contributed by atoms with Crippen molar-refractivity contribution in [2.45, 2.75) is 20.3 Å². The number of hydrogen-bond acceptors (Lipinski definition) is 3. The average Bonchev–Trinajstić information content (AvgIpc) is 3.46. The van der Waals surface area contributed by atoms with E-state index in [1.54, 1.807) is 0 Å². The van der Waals surface area contributed by atoms with Gasteiger partial charge in [-0.1, -0.05) is 18.2 Å². The van der Waals surface area contributed by atoms with Crippen LogP contribution < -0.4 is 5.32 Å². The summed E-state index contributed by atoms with van der Waals surface area (Å²) < 4.78 is 2.01. The zero-order valence-corrected chi connectivity index (χ0v) is 17.7. The van der Waals surface area contributed by atoms with E-state index in [-0.39, 0.29) is 5.91 Å². The summed E-state index contributed by atoms with van der Waals surface area (Å²) >= 11 is 1.46. The van der Waals surface area contributed by atoms with Gasteiger partial charge in [0.15, 0.2) is 0 Å². The van der Waals surface area contributed by atoms with Crippen molar-refractivity contribution >= 4 is 38.4 Å². The molecule has 0 fully saturated rings. The molecule has 0 aliphatic carbocycles. The lowest BCUT2D eigenvalue weighted by molar-refractivity contribution is 0.0958. The van der Waals surface area contributed by atoms with Gasteiger partial charge >= 0.3 is 0 Å². The highest BCUT2D eigenvalue weighted by Crippen LogP contribution is 2.35. The van der Waals surface area contributed by atoms with Gasteiger partial charge in [0.05, 0.1) is 5.69 Å². The molecule has 0 aliphatic rings. The van der Waals surface area contributed by atoms with Gasteiger partial charge in [0.2, 0.25) is 0 Å². The predicted molar refractivity (Wildman–Crippen MR) is 123 cm³/mol. The fraction of sp³-hybridized carbons (Fsp3) is 0.167. The molecule has 0 saturated heterocycles. The van der Waals surface area contributed by atoms with Gasteiger partial charge in [-0.3, -0.25) is 4.79 Å². The predicted octanol–water partition coefficient (Wildman–Crippen LogP) is 5.16. The van der Waals surface area contributed by atoms with Crippen LogP contribution in [-0.4, -0.2) is 27.0 Å². The third kappa shape index (κ3) is 3.19. The lowest BCUT2D eigenvalue weighted by Gasteiger charge is -2.09. The van der Waals surface area contributed by atoms with Crippen LogP contribution in [0.25, 0.3) is 26.8 Å². The van der Waals surface area contributed by atoms with Gasteiger partial charge in [-0.15, -0.1) is 11.3 Å². The van der Waals surface area contributed by atoms with Crippen LogP contribution in [0.4, 0.5) is 0 Å². The quantitative estimate of drug-likeness (QED) is 0.417. The Morgan fingerprint density at radius 1 is 1.17 bits per heavy atom. The van der Waals surface area contributed by atoms with Crippen LogP contribution in [0.3, 0.4) is 0 Å². The zero-order valence-electron chi connectivity index (χ0n) is 16.9. The molecule has 0 bridgehead atoms. The number of pyridine rings is 1. The van der Waals surface area contributed by atoms with E-state index in [9.17, 15) is 4.79 Å². The minimum absolute atomic E-state index is 0.0569. The second kappa shape index (κ2) is 7.46. The maximum atomic E-state index is 13.2. The summed E-state index contributed by atoms with van der Waals surface area (Å²) in [7, 11) is 0. The standard InChI is InChI=1S/C24H22N4OS/c1-15-13-16(2)27-24-20(15)21(28-11-5-6-12-28)22(30-24)23(29)25-10-9-17-14-26-19-8-4-3-7-18(17)19/h3-8,11-14,26H,9-10H2,1-2H3,(H,25,29). The molecule has 30 heavy (non-hydrogen) atoms. The Balaban J connectivity index is 1.44. The Kier molecular flexibility index (Phi) is 4.64. The number of para-hydroxylation sites is 1. The van der Waals surface area contributed by atoms with Crippen LogP contribution in [0, 0.1) is 13.8 Å². The number of nitrogens with one attached hydrogen (secondary N) is 2. The Morgan fingerprint density at radius 2 is 1.97 bits per heavy atom. The summed E-state index contributed by atoms with van der Waals surface area (Å²) in [5.74, 6) is -0.0569. The SMILES string of the molecule is Cc1cc(C)c2c(-n3cccc3)c(C(=O)NCCc3c[nH]c4ccccc34)sc2n1. The van der Waals surface area contributed by atoms with Crippen molar-refractivity contribution in [2.75, 3.05) is 6.54 Å². The molecule has 1 aromatic carbocycles. The van der Waals surface area contributed by atoms with Crippen LogP contribution >= 0.6 is 11.3 Å². The number of nitrogens with zero attached hydrogens (tertiary/aromatic N) is 2. The molecular weight excluding hydrogens is 392 g/mol. The van der Waals surface area contributed by atoms with Crippen LogP contribution in [0.15, 0.2) is 61.1 Å². The summed E-state index contributed by atoms with van der Waals surface area (Å²) in [6.45, 7) is 4.64. The van der Waals surface area contributed by atoms with E-state index in [0.717, 1.165) is 39.1 Å². The second-order valence-corrected chi connectivity index (χ2v) is 8.50. The van der Waals surface area contributed by atoms with Crippen molar-refractivity contribution in [2.24, 2.45) is 0 Å². The lowest BCUT2D eigenvalue weighted by Crippen LogP contribution is -2.25. The molecule has 2 N–H and O–H groups in total. The van der Waals surface area contributed by atoms with Gasteiger partial charge in [0.25, 0.3) is 5.91 Å². The van der Waals surface area contributed by atoms with Gasteiger partial charge < -0.3 is 14.9 Å². The number of benzene rings is 1. The Labute approximate surface area is 178 Å². The van der Waals surface area contributed by atoms with Gasteiger partial charge in [-0.25, -0.2) is 4.98 Å². The molecule has 0 spiro atoms. The molecule has 0 radical (unpaired) electrons. The fourth-order valence-electron chi connectivity index (χ4n) is 4.04. The van der Waals surface area contributed by atoms with Crippen molar-refractivity contribution in [3.63, 3.8) is 0 Å². The first kappa shape index (κ1) is 18.6. The highest BCUT2D eigenvalue weighted by Gasteiger charge is 2.22. The van der Waals surface area contributed by atoms with E-state index in [0.29, 0.717) is 11.4 Å². The number of aromatic amines is 1. The number of fused-ring (bicyclic) bond motifs is 2. The van der Waals surface area contributed by atoms with Crippen molar-refractivity contribution in [1.82, 2.24) is 19.9 Å². The normalized spacial score (nSPS) is 11.4. The van der Waals surface area contributed by atoms with Crippen LogP contribution in [0.5, 0.6) is 0 Å². The van der Waals surface area contributed by atoms with E-state index in [2.05, 4.69) is 40.4 Å². The minimum Gasteiger partial charge on any atom is -0.361 e. The molecular formula is C24H22N4OS. The number of H-pyrrole nitrogens is 1. The molecule has 1 amide bonds. The van der Waals surface area contributed by atoms with Crippen molar-refractivity contribution in [3.05, 3.63) is 82.8 Å². The van der Waals surface area contributed by atoms with Gasteiger partial charge in [-0.2, -0.15) is 0 Å². The number of rotatable bonds is 5. The average molecular weight is 415 g/mol. The van der Waals surface area contributed by atoms with Crippen LogP contribution in [0.2, 0.25) is 0 Å². The highest BCUT2D eigenvalue weighted by atomic mass is 32.1. The monoisotopic (exact) mass is 414 g/mol. The first-order valence-electron chi connectivity index (χ1n) is 9.99. The number of amides is 1. The Morgan fingerprint density at radius 3 is 2.80 bits per heavy atom. The molecule has 5 rings (SSSR count). The summed E-state index contributed by atoms with van der Waals surface area (Å²) in [4.78, 5) is 22.7. The molecule has 6 heteroatoms. The van der Waals surface area contributed by atoms with E-state index >= 15 is 0 Å². The second-order valence-electron chi connectivity index (χ2n) is 7.50. The molecule has 5 aromatic rings.